The Labute approximate surface area is 173 Å². The van der Waals surface area contributed by atoms with E-state index in [1.807, 2.05) is 6.92 Å². The van der Waals surface area contributed by atoms with Crippen LogP contribution in [0.1, 0.15) is 65.7 Å². The molecule has 1 saturated heterocycles. The summed E-state index contributed by atoms with van der Waals surface area (Å²) >= 11 is 0. The molecule has 29 heavy (non-hydrogen) atoms. The van der Waals surface area contributed by atoms with Crippen LogP contribution in [0.25, 0.3) is 0 Å². The van der Waals surface area contributed by atoms with Crippen LogP contribution in [0.3, 0.4) is 0 Å². The van der Waals surface area contributed by atoms with Gasteiger partial charge in [-0.2, -0.15) is 4.31 Å². The summed E-state index contributed by atoms with van der Waals surface area (Å²) in [7, 11) is -3.55. The van der Waals surface area contributed by atoms with Gasteiger partial charge in [0.05, 0.1) is 10.9 Å². The zero-order valence-corrected chi connectivity index (χ0v) is 17.7. The summed E-state index contributed by atoms with van der Waals surface area (Å²) in [6.45, 7) is 3.06. The first-order valence-corrected chi connectivity index (χ1v) is 11.9. The average molecular weight is 413 g/mol. The highest BCUT2D eigenvalue weighted by Gasteiger charge is 2.26. The molecule has 154 valence electrons. The molecular formula is C23H28N2O3S. The SMILES string of the molecule is C[C@H](NC(=O)c1cccc(S(=O)(=O)N2CCCCC2)c1)c1ccc2c(c1)CCC2. The summed E-state index contributed by atoms with van der Waals surface area (Å²) in [5.74, 6) is -0.256. The van der Waals surface area contributed by atoms with Gasteiger partial charge in [0, 0.05) is 18.7 Å². The lowest BCUT2D eigenvalue weighted by molar-refractivity contribution is 0.0939. The maximum absolute atomic E-state index is 12.9. The van der Waals surface area contributed by atoms with Crippen molar-refractivity contribution in [3.8, 4) is 0 Å². The number of hydrogen-bond donors (Lipinski definition) is 1. The summed E-state index contributed by atoms with van der Waals surface area (Å²) < 4.78 is 27.3. The fraction of sp³-hybridized carbons (Fsp3) is 0.435. The summed E-state index contributed by atoms with van der Waals surface area (Å²) in [5.41, 5.74) is 4.23. The monoisotopic (exact) mass is 412 g/mol. The van der Waals surface area contributed by atoms with Crippen molar-refractivity contribution in [2.24, 2.45) is 0 Å². The second-order valence-corrected chi connectivity index (χ2v) is 10.0. The maximum Gasteiger partial charge on any atom is 0.251 e. The molecular weight excluding hydrogens is 384 g/mol. The van der Waals surface area contributed by atoms with Crippen molar-refractivity contribution >= 4 is 15.9 Å². The molecule has 0 spiro atoms. The lowest BCUT2D eigenvalue weighted by atomic mass is 10.0. The molecule has 0 unspecified atom stereocenters. The third-order valence-electron chi connectivity index (χ3n) is 6.02. The van der Waals surface area contributed by atoms with Gasteiger partial charge in [0.1, 0.15) is 0 Å². The van der Waals surface area contributed by atoms with Gasteiger partial charge >= 0.3 is 0 Å². The minimum Gasteiger partial charge on any atom is -0.346 e. The molecule has 0 bridgehead atoms. The van der Waals surface area contributed by atoms with E-state index in [9.17, 15) is 13.2 Å². The smallest absolute Gasteiger partial charge is 0.251 e. The van der Waals surface area contributed by atoms with Gasteiger partial charge in [0.2, 0.25) is 10.0 Å². The first kappa shape index (κ1) is 20.1. The average Bonchev–Trinajstić information content (AvgIpc) is 3.22. The van der Waals surface area contributed by atoms with Crippen molar-refractivity contribution in [2.45, 2.75) is 56.4 Å². The summed E-state index contributed by atoms with van der Waals surface area (Å²) in [6.07, 6.45) is 6.26. The van der Waals surface area contributed by atoms with Crippen LogP contribution < -0.4 is 5.32 Å². The van der Waals surface area contributed by atoms with Crippen LogP contribution >= 0.6 is 0 Å². The fourth-order valence-corrected chi connectivity index (χ4v) is 5.84. The minimum atomic E-state index is -3.55. The third kappa shape index (κ3) is 4.23. The molecule has 0 saturated carbocycles. The van der Waals surface area contributed by atoms with E-state index in [1.54, 1.807) is 18.2 Å². The number of amides is 1. The summed E-state index contributed by atoms with van der Waals surface area (Å²) in [6, 6.07) is 12.7. The second kappa shape index (κ2) is 8.28. The van der Waals surface area contributed by atoms with Crippen LogP contribution in [0, 0.1) is 0 Å². The molecule has 1 amide bonds. The molecule has 1 aliphatic heterocycles. The predicted octanol–water partition coefficient (Wildman–Crippen LogP) is 3.84. The molecule has 2 aliphatic rings. The van der Waals surface area contributed by atoms with Crippen molar-refractivity contribution < 1.29 is 13.2 Å². The molecule has 1 heterocycles. The number of aryl methyl sites for hydroxylation is 2. The number of hydrogen-bond acceptors (Lipinski definition) is 3. The first-order valence-electron chi connectivity index (χ1n) is 10.5. The molecule has 2 aromatic rings. The molecule has 2 aromatic carbocycles. The van der Waals surface area contributed by atoms with Crippen LogP contribution in [0.4, 0.5) is 0 Å². The van der Waals surface area contributed by atoms with E-state index in [0.717, 1.165) is 37.7 Å². The van der Waals surface area contributed by atoms with Gasteiger partial charge in [-0.15, -0.1) is 0 Å². The lowest BCUT2D eigenvalue weighted by Crippen LogP contribution is -2.35. The Morgan fingerprint density at radius 1 is 0.966 bits per heavy atom. The Balaban J connectivity index is 1.50. The topological polar surface area (TPSA) is 66.5 Å². The van der Waals surface area contributed by atoms with E-state index in [1.165, 1.54) is 27.9 Å². The molecule has 0 radical (unpaired) electrons. The Morgan fingerprint density at radius 2 is 1.72 bits per heavy atom. The number of nitrogens with zero attached hydrogens (tertiary/aromatic N) is 1. The van der Waals surface area contributed by atoms with Gasteiger partial charge in [-0.25, -0.2) is 8.42 Å². The number of benzene rings is 2. The molecule has 5 nitrogen and oxygen atoms in total. The van der Waals surface area contributed by atoms with Crippen LogP contribution in [0.5, 0.6) is 0 Å². The van der Waals surface area contributed by atoms with Crippen molar-refractivity contribution in [1.82, 2.24) is 9.62 Å². The van der Waals surface area contributed by atoms with E-state index in [4.69, 9.17) is 0 Å². The highest BCUT2D eigenvalue weighted by atomic mass is 32.2. The van der Waals surface area contributed by atoms with Crippen molar-refractivity contribution in [1.29, 1.82) is 0 Å². The number of sulfonamides is 1. The molecule has 1 fully saturated rings. The van der Waals surface area contributed by atoms with Gasteiger partial charge in [0.15, 0.2) is 0 Å². The van der Waals surface area contributed by atoms with Gasteiger partial charge in [-0.3, -0.25) is 4.79 Å². The molecule has 0 aromatic heterocycles. The zero-order chi connectivity index (χ0) is 20.4. The Bertz CT molecular complexity index is 1010. The predicted molar refractivity (Wildman–Crippen MR) is 113 cm³/mol. The lowest BCUT2D eigenvalue weighted by Gasteiger charge is -2.26. The van der Waals surface area contributed by atoms with Crippen LogP contribution in [-0.4, -0.2) is 31.7 Å². The fourth-order valence-electron chi connectivity index (χ4n) is 4.28. The largest absolute Gasteiger partial charge is 0.346 e. The molecule has 1 N–H and O–H groups in total. The normalized spacial score (nSPS) is 18.2. The van der Waals surface area contributed by atoms with Crippen molar-refractivity contribution in [3.05, 3.63) is 64.7 Å². The van der Waals surface area contributed by atoms with Crippen LogP contribution in [-0.2, 0) is 22.9 Å². The Morgan fingerprint density at radius 3 is 2.52 bits per heavy atom. The quantitative estimate of drug-likeness (QED) is 0.811. The molecule has 6 heteroatoms. The van der Waals surface area contributed by atoms with Crippen LogP contribution in [0.2, 0.25) is 0 Å². The van der Waals surface area contributed by atoms with Gasteiger partial charge < -0.3 is 5.32 Å². The molecule has 1 aliphatic carbocycles. The number of carbonyl (C=O) groups excluding carboxylic acids is 1. The Hall–Kier alpha value is -2.18. The van der Waals surface area contributed by atoms with Crippen molar-refractivity contribution in [3.63, 3.8) is 0 Å². The number of nitrogens with one attached hydrogen (secondary N) is 1. The minimum absolute atomic E-state index is 0.143. The highest BCUT2D eigenvalue weighted by molar-refractivity contribution is 7.89. The number of carbonyl (C=O) groups is 1. The zero-order valence-electron chi connectivity index (χ0n) is 16.9. The first-order chi connectivity index (χ1) is 13.9. The highest BCUT2D eigenvalue weighted by Crippen LogP contribution is 2.26. The molecule has 1 atom stereocenters. The van der Waals surface area contributed by atoms with E-state index in [2.05, 4.69) is 23.5 Å². The number of fused-ring (bicyclic) bond motifs is 1. The summed E-state index contributed by atoms with van der Waals surface area (Å²) in [5, 5.41) is 3.01. The summed E-state index contributed by atoms with van der Waals surface area (Å²) in [4.78, 5) is 13.0. The van der Waals surface area contributed by atoms with E-state index >= 15 is 0 Å². The number of piperidine rings is 1. The van der Waals surface area contributed by atoms with Gasteiger partial charge in [-0.05, 0) is 73.9 Å². The van der Waals surface area contributed by atoms with E-state index in [-0.39, 0.29) is 16.8 Å². The van der Waals surface area contributed by atoms with Crippen LogP contribution in [0.15, 0.2) is 47.4 Å². The Kier molecular flexibility index (Phi) is 5.74. The third-order valence-corrected chi connectivity index (χ3v) is 7.91. The standard InChI is InChI=1S/C23H28N2O3S/c1-17(19-12-11-18-7-5-8-20(18)15-19)24-23(26)21-9-6-10-22(16-21)29(27,28)25-13-3-2-4-14-25/h6,9-12,15-17H,2-5,7-8,13-14H2,1H3,(H,24,26)/t17-/m0/s1. The number of rotatable bonds is 5. The second-order valence-electron chi connectivity index (χ2n) is 8.07. The molecule has 4 rings (SSSR count). The van der Waals surface area contributed by atoms with E-state index < -0.39 is 10.0 Å². The van der Waals surface area contributed by atoms with Gasteiger partial charge in [-0.1, -0.05) is 30.7 Å². The van der Waals surface area contributed by atoms with Gasteiger partial charge in [0.25, 0.3) is 5.91 Å². The maximum atomic E-state index is 12.9. The van der Waals surface area contributed by atoms with Crippen molar-refractivity contribution in [2.75, 3.05) is 13.1 Å². The van der Waals surface area contributed by atoms with E-state index in [0.29, 0.717) is 18.7 Å².